The minimum absolute atomic E-state index is 0.000415. The first kappa shape index (κ1) is 20.8. The first-order valence-electron chi connectivity index (χ1n) is 9.95. The van der Waals surface area contributed by atoms with Gasteiger partial charge in [-0.25, -0.2) is 0 Å². The molecule has 1 atom stereocenters. The number of nitrogens with zero attached hydrogens (tertiary/aromatic N) is 1. The smallest absolute Gasteiger partial charge is 0.227 e. The van der Waals surface area contributed by atoms with E-state index in [0.29, 0.717) is 18.1 Å². The van der Waals surface area contributed by atoms with Crippen LogP contribution in [0.1, 0.15) is 64.7 Å². The van der Waals surface area contributed by atoms with E-state index in [1.807, 2.05) is 12.1 Å². The van der Waals surface area contributed by atoms with Gasteiger partial charge in [-0.1, -0.05) is 63.5 Å². The van der Waals surface area contributed by atoms with Crippen molar-refractivity contribution in [3.05, 3.63) is 29.3 Å². The van der Waals surface area contributed by atoms with Crippen LogP contribution in [-0.2, 0) is 9.59 Å². The maximum absolute atomic E-state index is 12.3. The van der Waals surface area contributed by atoms with Crippen molar-refractivity contribution >= 4 is 29.1 Å². The summed E-state index contributed by atoms with van der Waals surface area (Å²) in [6.07, 6.45) is 10.3. The third-order valence-corrected chi connectivity index (χ3v) is 5.22. The van der Waals surface area contributed by atoms with E-state index in [1.165, 1.54) is 38.5 Å². The van der Waals surface area contributed by atoms with Crippen molar-refractivity contribution in [3.8, 4) is 0 Å². The lowest BCUT2D eigenvalue weighted by molar-refractivity contribution is -0.126. The molecule has 1 aromatic carbocycles. The Labute approximate surface area is 162 Å². The maximum atomic E-state index is 12.3. The van der Waals surface area contributed by atoms with E-state index in [2.05, 4.69) is 12.2 Å². The highest BCUT2D eigenvalue weighted by Crippen LogP contribution is 2.26. The molecule has 26 heavy (non-hydrogen) atoms. The molecule has 1 N–H and O–H groups in total. The van der Waals surface area contributed by atoms with Gasteiger partial charge in [-0.05, 0) is 30.7 Å². The normalized spacial score (nSPS) is 16.9. The third-order valence-electron chi connectivity index (χ3n) is 4.96. The van der Waals surface area contributed by atoms with Crippen molar-refractivity contribution in [2.75, 3.05) is 18.0 Å². The van der Waals surface area contributed by atoms with Crippen molar-refractivity contribution in [2.45, 2.75) is 64.7 Å². The van der Waals surface area contributed by atoms with Gasteiger partial charge in [-0.2, -0.15) is 0 Å². The Balaban J connectivity index is 1.63. The lowest BCUT2D eigenvalue weighted by Crippen LogP contribution is -2.33. The number of unbranched alkanes of at least 4 members (excludes halogenated alkanes) is 7. The number of halogens is 1. The van der Waals surface area contributed by atoms with E-state index in [9.17, 15) is 9.59 Å². The summed E-state index contributed by atoms with van der Waals surface area (Å²) >= 11 is 5.89. The second kappa shape index (κ2) is 11.2. The van der Waals surface area contributed by atoms with Gasteiger partial charge in [0.1, 0.15) is 0 Å². The topological polar surface area (TPSA) is 49.4 Å². The van der Waals surface area contributed by atoms with Gasteiger partial charge in [0.25, 0.3) is 0 Å². The lowest BCUT2D eigenvalue weighted by Gasteiger charge is -2.16. The van der Waals surface area contributed by atoms with Crippen LogP contribution < -0.4 is 10.2 Å². The van der Waals surface area contributed by atoms with Crippen molar-refractivity contribution in [1.82, 2.24) is 5.32 Å². The number of carbonyl (C=O) groups excluding carboxylic acids is 2. The molecule has 0 aromatic heterocycles. The predicted octanol–water partition coefficient (Wildman–Crippen LogP) is 4.95. The molecular weight excluding hydrogens is 348 g/mol. The van der Waals surface area contributed by atoms with Crippen LogP contribution in [0.2, 0.25) is 5.02 Å². The van der Waals surface area contributed by atoms with Crippen LogP contribution in [0.4, 0.5) is 5.69 Å². The summed E-state index contributed by atoms with van der Waals surface area (Å²) < 4.78 is 0. The SMILES string of the molecule is CCCCCCCCCCNC(=O)C1CC(=O)N(c2ccc(Cl)cc2)C1. The molecule has 1 heterocycles. The first-order valence-corrected chi connectivity index (χ1v) is 10.3. The van der Waals surface area contributed by atoms with Crippen LogP contribution in [-0.4, -0.2) is 24.9 Å². The molecule has 1 unspecified atom stereocenters. The van der Waals surface area contributed by atoms with Gasteiger partial charge in [0.05, 0.1) is 5.92 Å². The predicted molar refractivity (Wildman–Crippen MR) is 108 cm³/mol. The third kappa shape index (κ3) is 6.64. The zero-order valence-electron chi connectivity index (χ0n) is 15.8. The Kier molecular flexibility index (Phi) is 8.96. The molecule has 0 aliphatic carbocycles. The summed E-state index contributed by atoms with van der Waals surface area (Å²) in [6.45, 7) is 3.39. The fourth-order valence-corrected chi connectivity index (χ4v) is 3.49. The monoisotopic (exact) mass is 378 g/mol. The molecule has 1 aromatic rings. The number of benzene rings is 1. The van der Waals surface area contributed by atoms with E-state index in [0.717, 1.165) is 18.5 Å². The molecule has 5 heteroatoms. The zero-order valence-corrected chi connectivity index (χ0v) is 16.6. The average Bonchev–Trinajstić information content (AvgIpc) is 3.03. The summed E-state index contributed by atoms with van der Waals surface area (Å²) in [5.74, 6) is -0.260. The Morgan fingerprint density at radius 1 is 1.08 bits per heavy atom. The second-order valence-corrected chi connectivity index (χ2v) is 7.58. The van der Waals surface area contributed by atoms with Crippen LogP contribution >= 0.6 is 11.6 Å². The maximum Gasteiger partial charge on any atom is 0.227 e. The summed E-state index contributed by atoms with van der Waals surface area (Å²) in [5, 5.41) is 3.64. The van der Waals surface area contributed by atoms with Gasteiger partial charge < -0.3 is 10.2 Å². The summed E-state index contributed by atoms with van der Waals surface area (Å²) in [4.78, 5) is 26.2. The molecule has 144 valence electrons. The molecule has 1 fully saturated rings. The minimum Gasteiger partial charge on any atom is -0.356 e. The summed E-state index contributed by atoms with van der Waals surface area (Å²) in [5.41, 5.74) is 0.803. The standard InChI is InChI=1S/C21H31ClN2O2/c1-2-3-4-5-6-7-8-9-14-23-21(26)17-15-20(25)24(16-17)19-12-10-18(22)11-13-19/h10-13,17H,2-9,14-16H2,1H3,(H,23,26). The highest BCUT2D eigenvalue weighted by atomic mass is 35.5. The van der Waals surface area contributed by atoms with Crippen LogP contribution in [0, 0.1) is 5.92 Å². The van der Waals surface area contributed by atoms with Crippen LogP contribution in [0.3, 0.4) is 0 Å². The molecule has 0 bridgehead atoms. The quantitative estimate of drug-likeness (QED) is 0.554. The molecule has 1 aliphatic rings. The molecule has 0 spiro atoms. The van der Waals surface area contributed by atoms with Crippen molar-refractivity contribution in [2.24, 2.45) is 5.92 Å². The number of anilines is 1. The van der Waals surface area contributed by atoms with Gasteiger partial charge >= 0.3 is 0 Å². The van der Waals surface area contributed by atoms with Crippen LogP contribution in [0.5, 0.6) is 0 Å². The lowest BCUT2D eigenvalue weighted by atomic mass is 10.1. The molecule has 1 saturated heterocycles. The minimum atomic E-state index is -0.257. The number of hydrogen-bond donors (Lipinski definition) is 1. The largest absolute Gasteiger partial charge is 0.356 e. The molecular formula is C21H31ClN2O2. The van der Waals surface area contributed by atoms with Crippen molar-refractivity contribution in [1.29, 1.82) is 0 Å². The Hall–Kier alpha value is -1.55. The molecule has 0 radical (unpaired) electrons. The van der Waals surface area contributed by atoms with E-state index in [4.69, 9.17) is 11.6 Å². The fourth-order valence-electron chi connectivity index (χ4n) is 3.37. The van der Waals surface area contributed by atoms with Crippen molar-refractivity contribution < 1.29 is 9.59 Å². The van der Waals surface area contributed by atoms with Gasteiger partial charge in [-0.3, -0.25) is 9.59 Å². The molecule has 1 aliphatic heterocycles. The second-order valence-electron chi connectivity index (χ2n) is 7.15. The van der Waals surface area contributed by atoms with Crippen molar-refractivity contribution in [3.63, 3.8) is 0 Å². The number of rotatable bonds is 11. The molecule has 2 amide bonds. The highest BCUT2D eigenvalue weighted by molar-refractivity contribution is 6.30. The van der Waals surface area contributed by atoms with Crippen LogP contribution in [0.15, 0.2) is 24.3 Å². The van der Waals surface area contributed by atoms with Gasteiger partial charge in [0.2, 0.25) is 11.8 Å². The van der Waals surface area contributed by atoms with Gasteiger partial charge in [-0.15, -0.1) is 0 Å². The number of nitrogens with one attached hydrogen (secondary N) is 1. The zero-order chi connectivity index (χ0) is 18.8. The number of amides is 2. The number of carbonyl (C=O) groups is 2. The molecule has 0 saturated carbocycles. The average molecular weight is 379 g/mol. The molecule has 2 rings (SSSR count). The van der Waals surface area contributed by atoms with Gasteiger partial charge in [0.15, 0.2) is 0 Å². The van der Waals surface area contributed by atoms with E-state index < -0.39 is 0 Å². The fraction of sp³-hybridized carbons (Fsp3) is 0.619. The van der Waals surface area contributed by atoms with Crippen LogP contribution in [0.25, 0.3) is 0 Å². The highest BCUT2D eigenvalue weighted by Gasteiger charge is 2.34. The number of hydrogen-bond acceptors (Lipinski definition) is 2. The Morgan fingerprint density at radius 2 is 1.69 bits per heavy atom. The first-order chi connectivity index (χ1) is 12.6. The van der Waals surface area contributed by atoms with E-state index in [1.54, 1.807) is 17.0 Å². The summed E-state index contributed by atoms with van der Waals surface area (Å²) in [7, 11) is 0. The van der Waals surface area contributed by atoms with E-state index >= 15 is 0 Å². The van der Waals surface area contributed by atoms with E-state index in [-0.39, 0.29) is 24.2 Å². The Bertz CT molecular complexity index is 574. The molecule has 4 nitrogen and oxygen atoms in total. The van der Waals surface area contributed by atoms with Gasteiger partial charge in [0, 0.05) is 30.2 Å². The Morgan fingerprint density at radius 3 is 2.35 bits per heavy atom. The summed E-state index contributed by atoms with van der Waals surface area (Å²) in [6, 6.07) is 7.17.